The monoisotopic (exact) mass is 205 g/mol. The molecule has 1 aliphatic rings. The zero-order valence-corrected chi connectivity index (χ0v) is 10.1. The third-order valence-corrected chi connectivity index (χ3v) is 2.62. The Labute approximate surface area is 91.7 Å². The molecule has 1 aromatic rings. The molecule has 1 amide bonds. The van der Waals surface area contributed by atoms with Crippen LogP contribution in [-0.2, 0) is 4.79 Å². The van der Waals surface area contributed by atoms with E-state index in [1.165, 1.54) is 5.56 Å². The summed E-state index contributed by atoms with van der Waals surface area (Å²) in [5.74, 6) is 0.122. The molecule has 15 heavy (non-hydrogen) atoms. The maximum Gasteiger partial charge on any atom is 0.231 e. The molecule has 0 saturated heterocycles. The number of benzene rings is 1. The van der Waals surface area contributed by atoms with Crippen molar-refractivity contribution in [1.29, 1.82) is 0 Å². The van der Waals surface area contributed by atoms with E-state index < -0.39 is 0 Å². The van der Waals surface area contributed by atoms with Crippen LogP contribution in [0.2, 0.25) is 0 Å². The third kappa shape index (κ3) is 2.04. The van der Waals surface area contributed by atoms with E-state index in [0.29, 0.717) is 0 Å². The number of hydrogen-bond acceptors (Lipinski definition) is 1. The minimum atomic E-state index is 0.00796. The first-order valence-corrected chi connectivity index (χ1v) is 5.51. The number of fused-ring (bicyclic) bond motifs is 1. The van der Waals surface area contributed by atoms with Gasteiger partial charge in [-0.25, -0.2) is 0 Å². The van der Waals surface area contributed by atoms with E-state index in [1.54, 1.807) is 0 Å². The quantitative estimate of drug-likeness (QED) is 0.691. The summed E-state index contributed by atoms with van der Waals surface area (Å²) < 4.78 is 0. The second-order valence-corrected chi connectivity index (χ2v) is 3.76. The fourth-order valence-electron chi connectivity index (χ4n) is 1.89. The number of carbonyl (C=O) groups is 1. The predicted octanol–water partition coefficient (Wildman–Crippen LogP) is 3.39. The summed E-state index contributed by atoms with van der Waals surface area (Å²) in [5.41, 5.74) is 4.54. The highest BCUT2D eigenvalue weighted by molar-refractivity contribution is 6.03. The Bertz CT molecular complexity index is 382. The molecule has 0 saturated carbocycles. The van der Waals surface area contributed by atoms with Gasteiger partial charge in [0.25, 0.3) is 0 Å². The van der Waals surface area contributed by atoms with Crippen molar-refractivity contribution in [1.82, 2.24) is 0 Å². The molecule has 0 fully saturated rings. The minimum Gasteiger partial charge on any atom is -0.325 e. The van der Waals surface area contributed by atoms with E-state index in [-0.39, 0.29) is 11.8 Å². The van der Waals surface area contributed by atoms with Crippen molar-refractivity contribution >= 4 is 11.6 Å². The van der Waals surface area contributed by atoms with Crippen LogP contribution < -0.4 is 5.32 Å². The maximum atomic E-state index is 11.4. The lowest BCUT2D eigenvalue weighted by Crippen LogP contribution is -2.08. The fourth-order valence-corrected chi connectivity index (χ4v) is 1.89. The number of nitrogens with one attached hydrogen (secondary N) is 1. The first kappa shape index (κ1) is 11.8. The van der Waals surface area contributed by atoms with Gasteiger partial charge in [-0.3, -0.25) is 4.79 Å². The van der Waals surface area contributed by atoms with Crippen LogP contribution in [0.25, 0.3) is 0 Å². The summed E-state index contributed by atoms with van der Waals surface area (Å²) >= 11 is 0. The van der Waals surface area contributed by atoms with Gasteiger partial charge in [-0.05, 0) is 31.9 Å². The smallest absolute Gasteiger partial charge is 0.231 e. The van der Waals surface area contributed by atoms with Crippen LogP contribution in [0, 0.1) is 13.8 Å². The first-order valence-electron chi connectivity index (χ1n) is 5.51. The Hall–Kier alpha value is -1.31. The van der Waals surface area contributed by atoms with Crippen LogP contribution in [-0.4, -0.2) is 5.91 Å². The average molecular weight is 205 g/mol. The number of anilines is 1. The molecule has 0 bridgehead atoms. The van der Waals surface area contributed by atoms with Crippen molar-refractivity contribution in [3.63, 3.8) is 0 Å². The summed E-state index contributed by atoms with van der Waals surface area (Å²) in [6, 6.07) is 4.18. The molecule has 0 aliphatic carbocycles. The standard InChI is InChI=1S/C11H13NO.C2H6/c1-6-4-7(2)10-9(5-6)8(3)11(13)12-10;1-2/h4-5,8H,1-3H3,(H,12,13);1-2H3. The van der Waals surface area contributed by atoms with Gasteiger partial charge in [-0.15, -0.1) is 0 Å². The molecule has 2 rings (SSSR count). The Kier molecular flexibility index (Phi) is 3.51. The van der Waals surface area contributed by atoms with Crippen molar-refractivity contribution in [2.75, 3.05) is 5.32 Å². The number of rotatable bonds is 0. The van der Waals surface area contributed by atoms with Gasteiger partial charge in [0, 0.05) is 5.69 Å². The summed E-state index contributed by atoms with van der Waals surface area (Å²) in [4.78, 5) is 11.4. The maximum absolute atomic E-state index is 11.4. The van der Waals surface area contributed by atoms with Crippen LogP contribution >= 0.6 is 0 Å². The highest BCUT2D eigenvalue weighted by Crippen LogP contribution is 2.35. The Morgan fingerprint density at radius 1 is 1.20 bits per heavy atom. The molecule has 82 valence electrons. The zero-order valence-electron chi connectivity index (χ0n) is 10.1. The van der Waals surface area contributed by atoms with Crippen LogP contribution in [0.15, 0.2) is 12.1 Å². The van der Waals surface area contributed by atoms with Crippen LogP contribution in [0.4, 0.5) is 5.69 Å². The molecule has 0 aromatic heterocycles. The highest BCUT2D eigenvalue weighted by Gasteiger charge is 2.27. The SMILES string of the molecule is CC.Cc1cc(C)c2c(c1)C(C)C(=O)N2. The topological polar surface area (TPSA) is 29.1 Å². The van der Waals surface area contributed by atoms with Crippen LogP contribution in [0.1, 0.15) is 43.4 Å². The summed E-state index contributed by atoms with van der Waals surface area (Å²) in [6.07, 6.45) is 0. The van der Waals surface area contributed by atoms with Gasteiger partial charge in [0.1, 0.15) is 0 Å². The van der Waals surface area contributed by atoms with E-state index in [2.05, 4.69) is 24.4 Å². The van der Waals surface area contributed by atoms with E-state index in [1.807, 2.05) is 27.7 Å². The van der Waals surface area contributed by atoms with Crippen molar-refractivity contribution in [2.24, 2.45) is 0 Å². The van der Waals surface area contributed by atoms with Crippen molar-refractivity contribution in [2.45, 2.75) is 40.5 Å². The van der Waals surface area contributed by atoms with Gasteiger partial charge in [0.15, 0.2) is 0 Å². The lowest BCUT2D eigenvalue weighted by Gasteiger charge is -2.05. The molecule has 2 heteroatoms. The molecule has 0 radical (unpaired) electrons. The molecule has 1 atom stereocenters. The molecule has 1 aromatic carbocycles. The minimum absolute atomic E-state index is 0.00796. The van der Waals surface area contributed by atoms with E-state index in [9.17, 15) is 4.79 Å². The summed E-state index contributed by atoms with van der Waals surface area (Å²) in [6.45, 7) is 10.0. The number of carbonyl (C=O) groups excluding carboxylic acids is 1. The summed E-state index contributed by atoms with van der Waals surface area (Å²) in [7, 11) is 0. The molecule has 0 spiro atoms. The second-order valence-electron chi connectivity index (χ2n) is 3.76. The average Bonchev–Trinajstić information content (AvgIpc) is 2.49. The molecule has 1 aliphatic heterocycles. The number of amides is 1. The van der Waals surface area contributed by atoms with E-state index >= 15 is 0 Å². The van der Waals surface area contributed by atoms with Gasteiger partial charge >= 0.3 is 0 Å². The lowest BCUT2D eigenvalue weighted by atomic mass is 9.98. The molecular weight excluding hydrogens is 186 g/mol. The van der Waals surface area contributed by atoms with Crippen LogP contribution in [0.5, 0.6) is 0 Å². The van der Waals surface area contributed by atoms with Gasteiger partial charge in [-0.1, -0.05) is 31.5 Å². The second kappa shape index (κ2) is 4.47. The molecule has 1 N–H and O–H groups in total. The Balaban J connectivity index is 0.000000531. The molecular formula is C13H19NO. The normalized spacial score (nSPS) is 17.7. The number of hydrogen-bond donors (Lipinski definition) is 1. The molecule has 1 heterocycles. The Morgan fingerprint density at radius 3 is 2.40 bits per heavy atom. The lowest BCUT2D eigenvalue weighted by molar-refractivity contribution is -0.116. The first-order chi connectivity index (χ1) is 7.09. The van der Waals surface area contributed by atoms with Gasteiger partial charge < -0.3 is 5.32 Å². The van der Waals surface area contributed by atoms with Crippen molar-refractivity contribution in [3.8, 4) is 0 Å². The number of aryl methyl sites for hydroxylation is 2. The zero-order chi connectivity index (χ0) is 11.6. The molecule has 1 unspecified atom stereocenters. The van der Waals surface area contributed by atoms with Gasteiger partial charge in [-0.2, -0.15) is 0 Å². The predicted molar refractivity (Wildman–Crippen MR) is 64.3 cm³/mol. The van der Waals surface area contributed by atoms with Crippen molar-refractivity contribution in [3.05, 3.63) is 28.8 Å². The fraction of sp³-hybridized carbons (Fsp3) is 0.462. The van der Waals surface area contributed by atoms with E-state index in [0.717, 1.165) is 16.8 Å². The third-order valence-electron chi connectivity index (χ3n) is 2.62. The molecule has 2 nitrogen and oxygen atoms in total. The Morgan fingerprint density at radius 2 is 1.80 bits per heavy atom. The van der Waals surface area contributed by atoms with Gasteiger partial charge in [0.2, 0.25) is 5.91 Å². The largest absolute Gasteiger partial charge is 0.325 e. The summed E-state index contributed by atoms with van der Waals surface area (Å²) in [5, 5.41) is 2.90. The van der Waals surface area contributed by atoms with Gasteiger partial charge in [0.05, 0.1) is 5.92 Å². The van der Waals surface area contributed by atoms with Crippen LogP contribution in [0.3, 0.4) is 0 Å². The highest BCUT2D eigenvalue weighted by atomic mass is 16.2. The van der Waals surface area contributed by atoms with E-state index in [4.69, 9.17) is 0 Å². The van der Waals surface area contributed by atoms with Crippen molar-refractivity contribution < 1.29 is 4.79 Å².